The minimum absolute atomic E-state index is 0.106. The number of imidazole rings is 1. The topological polar surface area (TPSA) is 71.0 Å². The van der Waals surface area contributed by atoms with E-state index in [-0.39, 0.29) is 17.4 Å². The van der Waals surface area contributed by atoms with Crippen LogP contribution >= 0.6 is 0 Å². The summed E-state index contributed by atoms with van der Waals surface area (Å²) in [6.07, 6.45) is 5.07. The molecule has 1 aromatic heterocycles. The molecule has 0 radical (unpaired) electrons. The van der Waals surface area contributed by atoms with Crippen LogP contribution in [-0.2, 0) is 23.2 Å². The first kappa shape index (κ1) is 28.5. The third kappa shape index (κ3) is 6.92. The summed E-state index contributed by atoms with van der Waals surface area (Å²) in [5.41, 5.74) is 2.47. The second-order valence-electron chi connectivity index (χ2n) is 12.1. The highest BCUT2D eigenvalue weighted by molar-refractivity contribution is 5.94. The molecule has 1 heterocycles. The molecule has 6 nitrogen and oxygen atoms in total. The number of rotatable bonds is 9. The van der Waals surface area contributed by atoms with Gasteiger partial charge in [-0.2, -0.15) is 0 Å². The number of benzene rings is 2. The molecule has 0 saturated heterocycles. The maximum absolute atomic E-state index is 14.5. The van der Waals surface area contributed by atoms with Crippen molar-refractivity contribution < 1.29 is 13.6 Å². The van der Waals surface area contributed by atoms with Crippen molar-refractivity contribution in [1.29, 1.82) is 0 Å². The predicted molar refractivity (Wildman–Crippen MR) is 151 cm³/mol. The number of carbonyl (C=O) groups is 1. The molecule has 2 atom stereocenters. The van der Waals surface area contributed by atoms with Crippen LogP contribution in [0.5, 0.6) is 0 Å². The van der Waals surface area contributed by atoms with Gasteiger partial charge in [-0.15, -0.1) is 0 Å². The van der Waals surface area contributed by atoms with Gasteiger partial charge in [-0.3, -0.25) is 10.1 Å². The van der Waals surface area contributed by atoms with Gasteiger partial charge in [-0.05, 0) is 61.3 Å². The molecule has 8 heteroatoms. The average Bonchev–Trinajstić information content (AvgIpc) is 3.35. The summed E-state index contributed by atoms with van der Waals surface area (Å²) in [5.74, 6) is -0.937. The molecule has 2 aromatic carbocycles. The van der Waals surface area contributed by atoms with E-state index in [0.717, 1.165) is 23.9 Å². The maximum Gasteiger partial charge on any atom is 0.247 e. The molecular formula is C31H39F2N5O. The van der Waals surface area contributed by atoms with E-state index in [4.69, 9.17) is 0 Å². The molecule has 1 amide bonds. The average molecular weight is 536 g/mol. The Bertz CT molecular complexity index is 1330. The lowest BCUT2D eigenvalue weighted by Gasteiger charge is -2.32. The van der Waals surface area contributed by atoms with E-state index in [1.54, 1.807) is 12.5 Å². The monoisotopic (exact) mass is 535 g/mol. The van der Waals surface area contributed by atoms with E-state index in [9.17, 15) is 13.6 Å². The van der Waals surface area contributed by atoms with E-state index in [2.05, 4.69) is 48.3 Å². The maximum atomic E-state index is 14.5. The van der Waals surface area contributed by atoms with Crippen molar-refractivity contribution in [3.05, 3.63) is 95.6 Å². The number of aryl methyl sites for hydroxylation is 1. The predicted octanol–water partition coefficient (Wildman–Crippen LogP) is 5.87. The van der Waals surface area contributed by atoms with Gasteiger partial charge < -0.3 is 15.2 Å². The molecule has 0 aliphatic heterocycles. The standard InChI is InChI=1S/C31H39F2N5O/c1-20(34-18-30(2,3)4)31(5,6)38-17-27(35-19-38)37-29(39)28(21-10-8-7-9-11-21)36-24-13-12-22-14-23(32)15-26(33)25(22)16-24/h7-11,14-15,17,19,24,28,34,36H,1,12-13,16,18H2,2-6H3,(H,37,39)/t24?,28-/m0/s1. The molecule has 39 heavy (non-hydrogen) atoms. The number of aromatic nitrogens is 2. The number of anilines is 1. The Morgan fingerprint density at radius 3 is 2.56 bits per heavy atom. The van der Waals surface area contributed by atoms with E-state index < -0.39 is 23.2 Å². The molecule has 0 fully saturated rings. The fraction of sp³-hybridized carbons (Fsp3) is 0.419. The summed E-state index contributed by atoms with van der Waals surface area (Å²) in [4.78, 5) is 18.0. The van der Waals surface area contributed by atoms with Crippen LogP contribution in [0.3, 0.4) is 0 Å². The van der Waals surface area contributed by atoms with Crippen LogP contribution in [0.4, 0.5) is 14.6 Å². The number of fused-ring (bicyclic) bond motifs is 1. The van der Waals surface area contributed by atoms with Crippen LogP contribution in [0.15, 0.2) is 67.3 Å². The number of nitrogens with zero attached hydrogens (tertiary/aromatic N) is 2. The molecule has 4 rings (SSSR count). The van der Waals surface area contributed by atoms with Crippen LogP contribution < -0.4 is 16.0 Å². The van der Waals surface area contributed by atoms with E-state index >= 15 is 0 Å². The molecule has 1 aliphatic carbocycles. The van der Waals surface area contributed by atoms with Crippen LogP contribution in [0.1, 0.15) is 63.8 Å². The van der Waals surface area contributed by atoms with Crippen LogP contribution in [0, 0.1) is 17.0 Å². The molecular weight excluding hydrogens is 496 g/mol. The van der Waals surface area contributed by atoms with Crippen molar-refractivity contribution >= 4 is 11.7 Å². The largest absolute Gasteiger partial charge is 0.386 e. The highest BCUT2D eigenvalue weighted by Crippen LogP contribution is 2.28. The Kier molecular flexibility index (Phi) is 8.25. The lowest BCUT2D eigenvalue weighted by atomic mass is 9.87. The SMILES string of the molecule is C=C(NCC(C)(C)C)C(C)(C)n1cnc(NC(=O)[C@@H](NC2CCc3cc(F)cc(F)c3C2)c2ccccc2)c1. The Morgan fingerprint density at radius 2 is 1.87 bits per heavy atom. The van der Waals surface area contributed by atoms with Crippen LogP contribution in [0.2, 0.25) is 0 Å². The summed E-state index contributed by atoms with van der Waals surface area (Å²) in [7, 11) is 0. The fourth-order valence-electron chi connectivity index (χ4n) is 4.77. The van der Waals surface area contributed by atoms with Crippen molar-refractivity contribution in [3.8, 4) is 0 Å². The zero-order valence-corrected chi connectivity index (χ0v) is 23.4. The molecule has 208 valence electrons. The molecule has 3 aromatic rings. The van der Waals surface area contributed by atoms with Gasteiger partial charge in [0.15, 0.2) is 5.82 Å². The highest BCUT2D eigenvalue weighted by atomic mass is 19.1. The first-order chi connectivity index (χ1) is 18.3. The number of nitrogens with one attached hydrogen (secondary N) is 3. The Balaban J connectivity index is 1.49. The minimum atomic E-state index is -0.678. The van der Waals surface area contributed by atoms with Crippen molar-refractivity contribution in [3.63, 3.8) is 0 Å². The summed E-state index contributed by atoms with van der Waals surface area (Å²) >= 11 is 0. The second-order valence-corrected chi connectivity index (χ2v) is 12.1. The third-order valence-electron chi connectivity index (χ3n) is 7.31. The quantitative estimate of drug-likeness (QED) is 0.320. The summed E-state index contributed by atoms with van der Waals surface area (Å²) in [6.45, 7) is 15.6. The number of halogens is 2. The second kappa shape index (κ2) is 11.3. The first-order valence-electron chi connectivity index (χ1n) is 13.4. The fourth-order valence-corrected chi connectivity index (χ4v) is 4.77. The third-order valence-corrected chi connectivity index (χ3v) is 7.31. The summed E-state index contributed by atoms with van der Waals surface area (Å²) < 4.78 is 30.1. The van der Waals surface area contributed by atoms with Crippen molar-refractivity contribution in [2.45, 2.75) is 71.5 Å². The lowest BCUT2D eigenvalue weighted by molar-refractivity contribution is -0.118. The summed E-state index contributed by atoms with van der Waals surface area (Å²) in [6, 6.07) is 10.9. The molecule has 0 spiro atoms. The normalized spacial score (nSPS) is 16.3. The Labute approximate surface area is 229 Å². The smallest absolute Gasteiger partial charge is 0.247 e. The molecule has 0 bridgehead atoms. The van der Waals surface area contributed by atoms with Gasteiger partial charge in [0.2, 0.25) is 5.91 Å². The van der Waals surface area contributed by atoms with Gasteiger partial charge in [0.1, 0.15) is 17.7 Å². The molecule has 1 unspecified atom stereocenters. The minimum Gasteiger partial charge on any atom is -0.386 e. The van der Waals surface area contributed by atoms with E-state index in [0.29, 0.717) is 36.2 Å². The van der Waals surface area contributed by atoms with E-state index in [1.807, 2.05) is 48.7 Å². The molecule has 1 aliphatic rings. The van der Waals surface area contributed by atoms with Crippen molar-refractivity contribution in [2.24, 2.45) is 5.41 Å². The van der Waals surface area contributed by atoms with E-state index in [1.165, 1.54) is 6.07 Å². The summed E-state index contributed by atoms with van der Waals surface area (Å²) in [5, 5.41) is 9.80. The number of hydrogen-bond donors (Lipinski definition) is 3. The van der Waals surface area contributed by atoms with Gasteiger partial charge >= 0.3 is 0 Å². The zero-order chi connectivity index (χ0) is 28.4. The van der Waals surface area contributed by atoms with Crippen LogP contribution in [-0.4, -0.2) is 28.0 Å². The van der Waals surface area contributed by atoms with Gasteiger partial charge in [0.05, 0.1) is 11.9 Å². The Hall–Kier alpha value is -3.52. The van der Waals surface area contributed by atoms with Crippen molar-refractivity contribution in [2.75, 3.05) is 11.9 Å². The van der Waals surface area contributed by atoms with Gasteiger partial charge in [0.25, 0.3) is 0 Å². The van der Waals surface area contributed by atoms with Crippen LogP contribution in [0.25, 0.3) is 0 Å². The number of carbonyl (C=O) groups excluding carboxylic acids is 1. The number of allylic oxidation sites excluding steroid dienone is 1. The number of amides is 1. The molecule has 3 N–H and O–H groups in total. The highest BCUT2D eigenvalue weighted by Gasteiger charge is 2.30. The van der Waals surface area contributed by atoms with Gasteiger partial charge in [-0.1, -0.05) is 57.7 Å². The Morgan fingerprint density at radius 1 is 1.15 bits per heavy atom. The van der Waals surface area contributed by atoms with Gasteiger partial charge in [0, 0.05) is 30.5 Å². The van der Waals surface area contributed by atoms with Gasteiger partial charge in [-0.25, -0.2) is 13.8 Å². The first-order valence-corrected chi connectivity index (χ1v) is 13.4. The lowest BCUT2D eigenvalue weighted by Crippen LogP contribution is -2.42. The number of hydrogen-bond acceptors (Lipinski definition) is 4. The molecule has 0 saturated carbocycles. The zero-order valence-electron chi connectivity index (χ0n) is 23.4. The van der Waals surface area contributed by atoms with Crippen molar-refractivity contribution in [1.82, 2.24) is 20.2 Å².